The molecule has 7 aromatic carbocycles. The third-order valence-corrected chi connectivity index (χ3v) is 11.5. The van der Waals surface area contributed by atoms with Crippen molar-refractivity contribution < 1.29 is 4.42 Å². The topological polar surface area (TPSA) is 42.1 Å². The molecule has 2 heterocycles. The van der Waals surface area contributed by atoms with Gasteiger partial charge in [0.1, 0.15) is 17.5 Å². The summed E-state index contributed by atoms with van der Waals surface area (Å²) in [5.41, 5.74) is 12.8. The average molecular weight is 726 g/mol. The van der Waals surface area contributed by atoms with Crippen LogP contribution in [0.2, 0.25) is 0 Å². The summed E-state index contributed by atoms with van der Waals surface area (Å²) >= 11 is 0. The lowest BCUT2D eigenvalue weighted by molar-refractivity contribution is 0.463. The fourth-order valence-electron chi connectivity index (χ4n) is 8.71. The van der Waals surface area contributed by atoms with Crippen LogP contribution in [-0.2, 0) is 0 Å². The van der Waals surface area contributed by atoms with Gasteiger partial charge < -0.3 is 14.3 Å². The summed E-state index contributed by atoms with van der Waals surface area (Å²) in [6, 6.07) is 63.3. The number of fused-ring (bicyclic) bond motifs is 6. The van der Waals surface area contributed by atoms with E-state index in [1.54, 1.807) is 0 Å². The van der Waals surface area contributed by atoms with Crippen LogP contribution in [-0.4, -0.2) is 4.57 Å². The monoisotopic (exact) mass is 725 g/mol. The molecule has 4 nitrogen and oxygen atoms in total. The molecule has 4 heteroatoms. The Labute approximate surface area is 327 Å². The third kappa shape index (κ3) is 6.09. The van der Waals surface area contributed by atoms with E-state index in [1.165, 1.54) is 49.4 Å². The van der Waals surface area contributed by atoms with Crippen molar-refractivity contribution in [2.75, 3.05) is 5.32 Å². The molecule has 0 radical (unpaired) electrons. The summed E-state index contributed by atoms with van der Waals surface area (Å²) in [6.07, 6.45) is 6.38. The first-order valence-electron chi connectivity index (χ1n) is 19.8. The van der Waals surface area contributed by atoms with Crippen LogP contribution >= 0.6 is 0 Å². The number of allylic oxidation sites excluding steroid dienone is 1. The maximum Gasteiger partial charge on any atom is 0.142 e. The zero-order valence-corrected chi connectivity index (χ0v) is 31.4. The van der Waals surface area contributed by atoms with E-state index in [9.17, 15) is 0 Å². The van der Waals surface area contributed by atoms with Crippen molar-refractivity contribution in [3.8, 4) is 16.8 Å². The minimum absolute atomic E-state index is 0.0472. The van der Waals surface area contributed by atoms with E-state index >= 15 is 0 Å². The fraction of sp³-hybridized carbons (Fsp3) is 0.115. The lowest BCUT2D eigenvalue weighted by atomic mass is 9.86. The SMILES string of the molecule is CCC(NC(Nc1ccccc1)c1ccccc1)c1ccc(-n2c3ccccc3c3cc(-c4cccc5c6c(oc45)C(c4ccccc4)CC=C6)ccc32)cc1. The molecule has 3 unspecified atom stereocenters. The maximum absolute atomic E-state index is 6.87. The molecule has 0 spiro atoms. The zero-order valence-electron chi connectivity index (χ0n) is 31.4. The Bertz CT molecular complexity index is 2820. The number of rotatable bonds is 10. The van der Waals surface area contributed by atoms with Gasteiger partial charge in [0.15, 0.2) is 0 Å². The van der Waals surface area contributed by atoms with E-state index < -0.39 is 0 Å². The number of hydrogen-bond acceptors (Lipinski definition) is 3. The van der Waals surface area contributed by atoms with Gasteiger partial charge in [0.25, 0.3) is 0 Å². The molecule has 2 aromatic heterocycles. The minimum atomic E-state index is -0.0472. The van der Waals surface area contributed by atoms with E-state index in [-0.39, 0.29) is 18.1 Å². The molecule has 0 saturated heterocycles. The highest BCUT2D eigenvalue weighted by molar-refractivity contribution is 6.11. The summed E-state index contributed by atoms with van der Waals surface area (Å²) in [4.78, 5) is 0. The number of furan rings is 1. The number of hydrogen-bond donors (Lipinski definition) is 2. The van der Waals surface area contributed by atoms with Gasteiger partial charge in [-0.2, -0.15) is 0 Å². The number of nitrogens with one attached hydrogen (secondary N) is 2. The highest BCUT2D eigenvalue weighted by Gasteiger charge is 2.26. The number of benzene rings is 7. The van der Waals surface area contributed by atoms with Crippen LogP contribution in [0.4, 0.5) is 5.69 Å². The van der Waals surface area contributed by atoms with Crippen LogP contribution in [0.3, 0.4) is 0 Å². The smallest absolute Gasteiger partial charge is 0.142 e. The lowest BCUT2D eigenvalue weighted by Crippen LogP contribution is -2.31. The molecule has 3 atom stereocenters. The van der Waals surface area contributed by atoms with Gasteiger partial charge >= 0.3 is 0 Å². The van der Waals surface area contributed by atoms with Crippen LogP contribution in [0.5, 0.6) is 0 Å². The molecule has 0 bridgehead atoms. The maximum atomic E-state index is 6.87. The second-order valence-corrected chi connectivity index (χ2v) is 14.8. The first kappa shape index (κ1) is 33.9. The Kier molecular flexibility index (Phi) is 8.81. The van der Waals surface area contributed by atoms with Crippen LogP contribution in [0.25, 0.3) is 55.7 Å². The molecule has 0 aliphatic heterocycles. The normalized spacial score (nSPS) is 14.9. The standard InChI is InChI=1S/C52H43N3O/c1-2-47(54-52(37-18-8-4-9-19-37)53-39-20-10-5-11-21-39)36-28-31-40(32-29-36)55-48-27-13-12-22-43(48)46-34-38(30-33-49(46)55)42-24-15-26-45-44-25-14-23-41(50(44)56-51(42)45)35-16-6-3-7-17-35/h3-22,24-34,41,47,52-54H,2,23H2,1H3. The van der Waals surface area contributed by atoms with Crippen molar-refractivity contribution in [3.63, 3.8) is 0 Å². The second kappa shape index (κ2) is 14.6. The van der Waals surface area contributed by atoms with Gasteiger partial charge in [0, 0.05) is 50.6 Å². The molecule has 2 N–H and O–H groups in total. The van der Waals surface area contributed by atoms with E-state index in [0.29, 0.717) is 0 Å². The number of nitrogens with zero attached hydrogens (tertiary/aromatic N) is 1. The largest absolute Gasteiger partial charge is 0.459 e. The van der Waals surface area contributed by atoms with Crippen molar-refractivity contribution >= 4 is 44.5 Å². The molecule has 0 amide bonds. The fourth-order valence-corrected chi connectivity index (χ4v) is 8.71. The van der Waals surface area contributed by atoms with Crippen LogP contribution < -0.4 is 10.6 Å². The summed E-state index contributed by atoms with van der Waals surface area (Å²) in [5.74, 6) is 1.27. The first-order chi connectivity index (χ1) is 27.7. The highest BCUT2D eigenvalue weighted by Crippen LogP contribution is 2.44. The molecule has 0 fully saturated rings. The van der Waals surface area contributed by atoms with Gasteiger partial charge in [-0.05, 0) is 77.6 Å². The Hall–Kier alpha value is -6.62. The first-order valence-corrected chi connectivity index (χ1v) is 19.8. The predicted molar refractivity (Wildman–Crippen MR) is 233 cm³/mol. The van der Waals surface area contributed by atoms with Gasteiger partial charge in [-0.3, -0.25) is 5.32 Å². The molecule has 56 heavy (non-hydrogen) atoms. The number of aromatic nitrogens is 1. The zero-order chi connectivity index (χ0) is 37.4. The summed E-state index contributed by atoms with van der Waals surface area (Å²) in [7, 11) is 0. The van der Waals surface area contributed by atoms with Gasteiger partial charge in [0.05, 0.1) is 11.0 Å². The molecule has 10 rings (SSSR count). The van der Waals surface area contributed by atoms with Crippen molar-refractivity contribution in [1.29, 1.82) is 0 Å². The Morgan fingerprint density at radius 1 is 0.643 bits per heavy atom. The van der Waals surface area contributed by atoms with Crippen LogP contribution in [0.15, 0.2) is 186 Å². The van der Waals surface area contributed by atoms with Gasteiger partial charge in [-0.1, -0.05) is 153 Å². The van der Waals surface area contributed by atoms with Gasteiger partial charge in [0.2, 0.25) is 0 Å². The summed E-state index contributed by atoms with van der Waals surface area (Å²) in [6.45, 7) is 2.25. The van der Waals surface area contributed by atoms with E-state index in [0.717, 1.165) is 46.7 Å². The second-order valence-electron chi connectivity index (χ2n) is 14.8. The van der Waals surface area contributed by atoms with E-state index in [4.69, 9.17) is 4.42 Å². The Balaban J connectivity index is 1.00. The third-order valence-electron chi connectivity index (χ3n) is 11.5. The van der Waals surface area contributed by atoms with E-state index in [1.807, 2.05) is 6.07 Å². The van der Waals surface area contributed by atoms with Gasteiger partial charge in [-0.15, -0.1) is 0 Å². The summed E-state index contributed by atoms with van der Waals surface area (Å²) in [5, 5.41) is 11.3. The molecule has 1 aliphatic rings. The average Bonchev–Trinajstić information content (AvgIpc) is 3.82. The van der Waals surface area contributed by atoms with Crippen molar-refractivity contribution in [2.45, 2.75) is 37.9 Å². The van der Waals surface area contributed by atoms with Crippen molar-refractivity contribution in [3.05, 3.63) is 210 Å². The summed E-state index contributed by atoms with van der Waals surface area (Å²) < 4.78 is 9.27. The van der Waals surface area contributed by atoms with E-state index in [2.05, 4.69) is 204 Å². The lowest BCUT2D eigenvalue weighted by Gasteiger charge is -2.28. The van der Waals surface area contributed by atoms with Crippen molar-refractivity contribution in [1.82, 2.24) is 9.88 Å². The number of para-hydroxylation sites is 3. The van der Waals surface area contributed by atoms with Crippen molar-refractivity contribution in [2.24, 2.45) is 0 Å². The van der Waals surface area contributed by atoms with Gasteiger partial charge in [-0.25, -0.2) is 0 Å². The molecule has 272 valence electrons. The molecular formula is C52H43N3O. The van der Waals surface area contributed by atoms with Crippen LogP contribution in [0.1, 0.15) is 65.9 Å². The Morgan fingerprint density at radius 3 is 2.12 bits per heavy atom. The molecule has 9 aromatic rings. The molecular weight excluding hydrogens is 683 g/mol. The minimum Gasteiger partial charge on any atom is -0.459 e. The highest BCUT2D eigenvalue weighted by atomic mass is 16.3. The number of anilines is 1. The predicted octanol–water partition coefficient (Wildman–Crippen LogP) is 13.6. The molecule has 1 aliphatic carbocycles. The van der Waals surface area contributed by atoms with Crippen LogP contribution in [0, 0.1) is 0 Å². The quantitative estimate of drug-likeness (QED) is 0.138. The molecule has 0 saturated carbocycles. The Morgan fingerprint density at radius 2 is 1.34 bits per heavy atom.